The first-order valence-corrected chi connectivity index (χ1v) is 7.46. The second kappa shape index (κ2) is 7.82. The van der Waals surface area contributed by atoms with E-state index in [0.29, 0.717) is 0 Å². The van der Waals surface area contributed by atoms with Crippen molar-refractivity contribution < 1.29 is 0 Å². The average molecular weight is 301 g/mol. The van der Waals surface area contributed by atoms with E-state index in [0.717, 1.165) is 29.8 Å². The van der Waals surface area contributed by atoms with Gasteiger partial charge in [0.15, 0.2) is 0 Å². The van der Waals surface area contributed by atoms with Gasteiger partial charge in [-0.05, 0) is 42.2 Å². The Hall–Kier alpha value is -3.04. The molecule has 2 aromatic carbocycles. The summed E-state index contributed by atoms with van der Waals surface area (Å²) < 4.78 is 0. The highest BCUT2D eigenvalue weighted by Gasteiger charge is 2.07. The second-order valence-corrected chi connectivity index (χ2v) is 5.42. The predicted octanol–water partition coefficient (Wildman–Crippen LogP) is 4.81. The Bertz CT molecular complexity index is 761. The first kappa shape index (κ1) is 16.3. The number of aryl methyl sites for hydroxylation is 1. The number of likely N-dealkylation sites (N-methyl/N-ethyl adjacent to an activating group) is 1. The first-order chi connectivity index (χ1) is 11.1. The Morgan fingerprint density at radius 1 is 1.09 bits per heavy atom. The summed E-state index contributed by atoms with van der Waals surface area (Å²) in [7, 11) is 2.08. The van der Waals surface area contributed by atoms with E-state index in [2.05, 4.69) is 52.0 Å². The Balaban J connectivity index is 2.09. The minimum absolute atomic E-state index is 0.0956. The quantitative estimate of drug-likeness (QED) is 0.722. The molecular formula is C20H19N3. The molecule has 0 spiro atoms. The van der Waals surface area contributed by atoms with Crippen molar-refractivity contribution >= 4 is 11.8 Å². The number of nitrogens with zero attached hydrogens (tertiary/aromatic N) is 3. The smallest absolute Gasteiger partial charge is 0.374 e. The molecule has 0 N–H and O–H groups in total. The zero-order chi connectivity index (χ0) is 16.7. The Morgan fingerprint density at radius 3 is 2.39 bits per heavy atom. The van der Waals surface area contributed by atoms with Crippen LogP contribution >= 0.6 is 0 Å². The lowest BCUT2D eigenvalue weighted by atomic mass is 10.1. The van der Waals surface area contributed by atoms with E-state index < -0.39 is 0 Å². The van der Waals surface area contributed by atoms with Gasteiger partial charge in [0, 0.05) is 25.4 Å². The summed E-state index contributed by atoms with van der Waals surface area (Å²) >= 11 is 0. The molecule has 2 rings (SSSR count). The number of hydrogen-bond donors (Lipinski definition) is 0. The normalized spacial score (nSPS) is 9.57. The molecule has 0 heterocycles. The summed E-state index contributed by atoms with van der Waals surface area (Å²) in [4.78, 5) is 8.64. The van der Waals surface area contributed by atoms with Crippen LogP contribution in [0.3, 0.4) is 0 Å². The SMILES string of the molecule is [C-]#[N+]C(=Cc1ccc(N(C)CCc2ccccc2)cc1C)[N+]#[C-]. The van der Waals surface area contributed by atoms with Gasteiger partial charge in [-0.25, -0.2) is 0 Å². The van der Waals surface area contributed by atoms with Crippen molar-refractivity contribution in [3.63, 3.8) is 0 Å². The summed E-state index contributed by atoms with van der Waals surface area (Å²) in [6.07, 6.45) is 2.64. The fraction of sp³-hybridized carbons (Fsp3) is 0.200. The predicted molar refractivity (Wildman–Crippen MR) is 95.8 cm³/mol. The zero-order valence-corrected chi connectivity index (χ0v) is 13.5. The van der Waals surface area contributed by atoms with Crippen molar-refractivity contribution in [2.24, 2.45) is 0 Å². The van der Waals surface area contributed by atoms with E-state index in [1.54, 1.807) is 6.08 Å². The number of hydrogen-bond acceptors (Lipinski definition) is 1. The van der Waals surface area contributed by atoms with E-state index in [-0.39, 0.29) is 5.82 Å². The van der Waals surface area contributed by atoms with Crippen LogP contribution in [0.2, 0.25) is 0 Å². The lowest BCUT2D eigenvalue weighted by Gasteiger charge is -2.20. The van der Waals surface area contributed by atoms with Crippen molar-refractivity contribution in [2.75, 3.05) is 18.5 Å². The molecule has 0 unspecified atom stereocenters. The van der Waals surface area contributed by atoms with Crippen LogP contribution in [0.15, 0.2) is 54.4 Å². The Kier molecular flexibility index (Phi) is 5.56. The summed E-state index contributed by atoms with van der Waals surface area (Å²) in [5.41, 5.74) is 4.46. The van der Waals surface area contributed by atoms with Crippen LogP contribution in [0.5, 0.6) is 0 Å². The van der Waals surface area contributed by atoms with Crippen LogP contribution in [0.25, 0.3) is 15.8 Å². The summed E-state index contributed by atoms with van der Waals surface area (Å²) in [5.74, 6) is 0.0956. The van der Waals surface area contributed by atoms with Gasteiger partial charge in [0.2, 0.25) is 0 Å². The molecule has 0 fully saturated rings. The molecule has 0 saturated carbocycles. The van der Waals surface area contributed by atoms with Gasteiger partial charge in [-0.15, -0.1) is 0 Å². The average Bonchev–Trinajstić information content (AvgIpc) is 2.59. The number of anilines is 1. The molecule has 2 aromatic rings. The maximum absolute atomic E-state index is 6.96. The molecule has 0 aliphatic carbocycles. The standard InChI is InChI=1S/C20H19N3/c1-16-14-19(11-10-18(16)15-20(21-2)22-3)23(4)13-12-17-8-6-5-7-9-17/h5-11,14-15H,12-13H2,1,4H3. The first-order valence-electron chi connectivity index (χ1n) is 7.46. The maximum Gasteiger partial charge on any atom is 0.519 e. The fourth-order valence-corrected chi connectivity index (χ4v) is 2.36. The molecule has 0 saturated heterocycles. The van der Waals surface area contributed by atoms with Gasteiger partial charge in [0.1, 0.15) is 13.1 Å². The molecule has 0 aromatic heterocycles. The molecule has 0 aliphatic rings. The fourth-order valence-electron chi connectivity index (χ4n) is 2.36. The zero-order valence-electron chi connectivity index (χ0n) is 13.5. The van der Waals surface area contributed by atoms with Crippen molar-refractivity contribution in [3.05, 3.63) is 93.9 Å². The van der Waals surface area contributed by atoms with Crippen LogP contribution in [0.1, 0.15) is 16.7 Å². The van der Waals surface area contributed by atoms with Crippen LogP contribution in [-0.2, 0) is 6.42 Å². The Morgan fingerprint density at radius 2 is 1.78 bits per heavy atom. The molecular weight excluding hydrogens is 282 g/mol. The monoisotopic (exact) mass is 301 g/mol. The molecule has 0 aliphatic heterocycles. The molecule has 3 heteroatoms. The third-order valence-corrected chi connectivity index (χ3v) is 3.79. The van der Waals surface area contributed by atoms with Gasteiger partial charge < -0.3 is 4.90 Å². The van der Waals surface area contributed by atoms with Crippen LogP contribution in [-0.4, -0.2) is 13.6 Å². The van der Waals surface area contributed by atoms with Crippen molar-refractivity contribution in [1.29, 1.82) is 0 Å². The van der Waals surface area contributed by atoms with Gasteiger partial charge in [0.05, 0.1) is 0 Å². The summed E-state index contributed by atoms with van der Waals surface area (Å²) in [6, 6.07) is 16.5. The van der Waals surface area contributed by atoms with Crippen molar-refractivity contribution in [1.82, 2.24) is 0 Å². The molecule has 0 amide bonds. The van der Waals surface area contributed by atoms with E-state index in [4.69, 9.17) is 13.1 Å². The molecule has 23 heavy (non-hydrogen) atoms. The highest BCUT2D eigenvalue weighted by Crippen LogP contribution is 2.21. The molecule has 0 bridgehead atoms. The lowest BCUT2D eigenvalue weighted by Crippen LogP contribution is -2.20. The number of benzene rings is 2. The van der Waals surface area contributed by atoms with Gasteiger partial charge in [-0.1, -0.05) is 36.4 Å². The second-order valence-electron chi connectivity index (χ2n) is 5.42. The van der Waals surface area contributed by atoms with Gasteiger partial charge in [-0.2, -0.15) is 9.69 Å². The molecule has 3 nitrogen and oxygen atoms in total. The third kappa shape index (κ3) is 4.46. The van der Waals surface area contributed by atoms with E-state index in [1.165, 1.54) is 5.56 Å². The topological polar surface area (TPSA) is 12.0 Å². The number of rotatable bonds is 5. The summed E-state index contributed by atoms with van der Waals surface area (Å²) in [5, 5.41) is 0. The van der Waals surface area contributed by atoms with Gasteiger partial charge in [-0.3, -0.25) is 0 Å². The third-order valence-electron chi connectivity index (χ3n) is 3.79. The van der Waals surface area contributed by atoms with E-state index in [1.807, 2.05) is 25.1 Å². The Labute approximate surface area is 138 Å². The van der Waals surface area contributed by atoms with E-state index >= 15 is 0 Å². The van der Waals surface area contributed by atoms with Gasteiger partial charge in [0.25, 0.3) is 0 Å². The highest BCUT2D eigenvalue weighted by molar-refractivity contribution is 5.63. The summed E-state index contributed by atoms with van der Waals surface area (Å²) in [6.45, 7) is 16.9. The largest absolute Gasteiger partial charge is 0.519 e. The minimum Gasteiger partial charge on any atom is -0.374 e. The molecule has 0 atom stereocenters. The molecule has 0 radical (unpaired) electrons. The molecule has 114 valence electrons. The lowest BCUT2D eigenvalue weighted by molar-refractivity contribution is 0.876. The van der Waals surface area contributed by atoms with Crippen molar-refractivity contribution in [3.8, 4) is 0 Å². The highest BCUT2D eigenvalue weighted by atomic mass is 15.1. The van der Waals surface area contributed by atoms with Crippen LogP contribution in [0.4, 0.5) is 5.69 Å². The van der Waals surface area contributed by atoms with Crippen molar-refractivity contribution in [2.45, 2.75) is 13.3 Å². The minimum atomic E-state index is 0.0956. The van der Waals surface area contributed by atoms with Gasteiger partial charge >= 0.3 is 5.82 Å². The maximum atomic E-state index is 6.96. The van der Waals surface area contributed by atoms with E-state index in [9.17, 15) is 0 Å². The van der Waals surface area contributed by atoms with Crippen LogP contribution in [0, 0.1) is 20.1 Å². The van der Waals surface area contributed by atoms with Crippen LogP contribution < -0.4 is 4.90 Å².